The summed E-state index contributed by atoms with van der Waals surface area (Å²) >= 11 is 1.56. The van der Waals surface area contributed by atoms with Gasteiger partial charge in [-0.3, -0.25) is 10.1 Å². The third kappa shape index (κ3) is 2.33. The van der Waals surface area contributed by atoms with Gasteiger partial charge in [0.25, 0.3) is 5.69 Å². The predicted octanol–water partition coefficient (Wildman–Crippen LogP) is 3.72. The highest BCUT2D eigenvalue weighted by atomic mass is 32.2. The molecule has 4 nitrogen and oxygen atoms in total. The summed E-state index contributed by atoms with van der Waals surface area (Å²) in [7, 11) is 0. The first kappa shape index (κ1) is 12.9. The van der Waals surface area contributed by atoms with Crippen LogP contribution in [0.2, 0.25) is 0 Å². The molecule has 5 heteroatoms. The first-order valence-corrected chi connectivity index (χ1v) is 6.87. The van der Waals surface area contributed by atoms with E-state index in [1.54, 1.807) is 23.9 Å². The molecule has 0 aromatic heterocycles. The van der Waals surface area contributed by atoms with Crippen molar-refractivity contribution in [3.63, 3.8) is 0 Å². The van der Waals surface area contributed by atoms with Gasteiger partial charge in [0, 0.05) is 21.9 Å². The predicted molar refractivity (Wildman–Crippen MR) is 78.5 cm³/mol. The molecule has 1 N–H and O–H groups in total. The summed E-state index contributed by atoms with van der Waals surface area (Å²) in [5.74, 6) is 0. The Hall–Kier alpha value is -2.11. The standard InChI is InChI=1S/C15H11NO3S/c17-9-10-1-2-11-3-4-12-8-13(16(18)19)5-6-14(12)20-15(11)7-10/h1-8,17H,9H2. The normalized spacial score (nSPS) is 12.4. The van der Waals surface area contributed by atoms with Crippen molar-refractivity contribution in [2.24, 2.45) is 0 Å². The van der Waals surface area contributed by atoms with Gasteiger partial charge in [0.15, 0.2) is 0 Å². The molecule has 0 fully saturated rings. The second-order valence-electron chi connectivity index (χ2n) is 4.44. The number of hydrogen-bond acceptors (Lipinski definition) is 4. The van der Waals surface area contributed by atoms with E-state index in [1.807, 2.05) is 30.4 Å². The Morgan fingerprint density at radius 2 is 1.85 bits per heavy atom. The zero-order valence-corrected chi connectivity index (χ0v) is 11.3. The SMILES string of the molecule is O=[N+]([O-])c1ccc2c(c1)C=Cc1ccc(CO)cc1S2. The maximum Gasteiger partial charge on any atom is 0.270 e. The van der Waals surface area contributed by atoms with E-state index in [-0.39, 0.29) is 17.2 Å². The first-order chi connectivity index (χ1) is 9.67. The third-order valence-corrected chi connectivity index (χ3v) is 4.29. The van der Waals surface area contributed by atoms with Crippen LogP contribution in [0.3, 0.4) is 0 Å². The van der Waals surface area contributed by atoms with Gasteiger partial charge in [0.2, 0.25) is 0 Å². The summed E-state index contributed by atoms with van der Waals surface area (Å²) in [6.45, 7) is 0.00464. The second kappa shape index (κ2) is 5.11. The van der Waals surface area contributed by atoms with Crippen molar-refractivity contribution >= 4 is 29.6 Å². The fraction of sp³-hybridized carbons (Fsp3) is 0.0667. The number of rotatable bonds is 2. The van der Waals surface area contributed by atoms with Gasteiger partial charge in [-0.25, -0.2) is 0 Å². The van der Waals surface area contributed by atoms with Gasteiger partial charge in [-0.1, -0.05) is 36.0 Å². The van der Waals surface area contributed by atoms with Gasteiger partial charge >= 0.3 is 0 Å². The number of benzene rings is 2. The lowest BCUT2D eigenvalue weighted by Crippen LogP contribution is -1.89. The molecule has 0 saturated heterocycles. The fourth-order valence-electron chi connectivity index (χ4n) is 2.07. The zero-order valence-electron chi connectivity index (χ0n) is 10.4. The number of aliphatic hydroxyl groups excluding tert-OH is 1. The minimum atomic E-state index is -0.388. The first-order valence-electron chi connectivity index (χ1n) is 6.05. The molecule has 20 heavy (non-hydrogen) atoms. The largest absolute Gasteiger partial charge is 0.392 e. The van der Waals surface area contributed by atoms with Crippen LogP contribution in [-0.4, -0.2) is 10.0 Å². The molecular weight excluding hydrogens is 274 g/mol. The molecule has 1 aliphatic rings. The van der Waals surface area contributed by atoms with E-state index in [4.69, 9.17) is 0 Å². The number of nitrogens with zero attached hydrogens (tertiary/aromatic N) is 1. The lowest BCUT2D eigenvalue weighted by Gasteiger charge is -2.07. The maximum atomic E-state index is 10.8. The maximum absolute atomic E-state index is 10.8. The minimum absolute atomic E-state index is 0.00464. The minimum Gasteiger partial charge on any atom is -0.392 e. The number of nitro groups is 1. The summed E-state index contributed by atoms with van der Waals surface area (Å²) in [4.78, 5) is 12.4. The van der Waals surface area contributed by atoms with Crippen LogP contribution in [-0.2, 0) is 6.61 Å². The number of aliphatic hydroxyl groups is 1. The van der Waals surface area contributed by atoms with Gasteiger partial charge in [-0.05, 0) is 28.8 Å². The molecule has 0 bridgehead atoms. The smallest absolute Gasteiger partial charge is 0.270 e. The average Bonchev–Trinajstić information content (AvgIpc) is 2.64. The quantitative estimate of drug-likeness (QED) is 0.575. The Labute approximate surface area is 119 Å². The van der Waals surface area contributed by atoms with Crippen LogP contribution in [0, 0.1) is 10.1 Å². The lowest BCUT2D eigenvalue weighted by molar-refractivity contribution is -0.384. The van der Waals surface area contributed by atoms with E-state index in [2.05, 4.69) is 0 Å². The Balaban J connectivity index is 2.08. The molecule has 0 atom stereocenters. The summed E-state index contributed by atoms with van der Waals surface area (Å²) < 4.78 is 0. The zero-order chi connectivity index (χ0) is 14.1. The topological polar surface area (TPSA) is 63.4 Å². The summed E-state index contributed by atoms with van der Waals surface area (Å²) in [5, 5.41) is 20.0. The fourth-order valence-corrected chi connectivity index (χ4v) is 3.16. The molecule has 1 aliphatic heterocycles. The van der Waals surface area contributed by atoms with Crippen LogP contribution < -0.4 is 0 Å². The number of hydrogen-bond donors (Lipinski definition) is 1. The van der Waals surface area contributed by atoms with Crippen LogP contribution in [0.4, 0.5) is 5.69 Å². The van der Waals surface area contributed by atoms with Gasteiger partial charge in [-0.15, -0.1) is 0 Å². The van der Waals surface area contributed by atoms with Crippen LogP contribution in [0.25, 0.3) is 12.2 Å². The highest BCUT2D eigenvalue weighted by Crippen LogP contribution is 2.39. The molecule has 3 rings (SSSR count). The molecule has 0 spiro atoms. The summed E-state index contributed by atoms with van der Waals surface area (Å²) in [5.41, 5.74) is 2.84. The van der Waals surface area contributed by atoms with Crippen molar-refractivity contribution in [1.29, 1.82) is 0 Å². The molecule has 0 aliphatic carbocycles. The van der Waals surface area contributed by atoms with Gasteiger partial charge in [-0.2, -0.15) is 0 Å². The second-order valence-corrected chi connectivity index (χ2v) is 5.53. The molecular formula is C15H11NO3S. The van der Waals surface area contributed by atoms with E-state index in [9.17, 15) is 15.2 Å². The summed E-state index contributed by atoms with van der Waals surface area (Å²) in [6, 6.07) is 10.6. The van der Waals surface area contributed by atoms with Crippen LogP contribution in [0.5, 0.6) is 0 Å². The van der Waals surface area contributed by atoms with Crippen LogP contribution >= 0.6 is 11.8 Å². The van der Waals surface area contributed by atoms with Gasteiger partial charge in [0.1, 0.15) is 0 Å². The number of fused-ring (bicyclic) bond motifs is 2. The van der Waals surface area contributed by atoms with Crippen molar-refractivity contribution in [3.8, 4) is 0 Å². The van der Waals surface area contributed by atoms with Crippen LogP contribution in [0.15, 0.2) is 46.2 Å². The van der Waals surface area contributed by atoms with Gasteiger partial charge < -0.3 is 5.11 Å². The van der Waals surface area contributed by atoms with E-state index in [0.29, 0.717) is 0 Å². The van der Waals surface area contributed by atoms with E-state index in [1.165, 1.54) is 6.07 Å². The van der Waals surface area contributed by atoms with Crippen molar-refractivity contribution in [3.05, 3.63) is 63.2 Å². The molecule has 100 valence electrons. The van der Waals surface area contributed by atoms with Crippen LogP contribution in [0.1, 0.15) is 16.7 Å². The van der Waals surface area contributed by atoms with Crippen molar-refractivity contribution < 1.29 is 10.0 Å². The van der Waals surface area contributed by atoms with Crippen molar-refractivity contribution in [2.75, 3.05) is 0 Å². The Morgan fingerprint density at radius 1 is 1.05 bits per heavy atom. The molecule has 2 aromatic carbocycles. The highest BCUT2D eigenvalue weighted by Gasteiger charge is 2.14. The molecule has 0 amide bonds. The molecule has 0 radical (unpaired) electrons. The number of non-ortho nitro benzene ring substituents is 1. The van der Waals surface area contributed by atoms with Crippen molar-refractivity contribution in [2.45, 2.75) is 16.4 Å². The van der Waals surface area contributed by atoms with E-state index >= 15 is 0 Å². The highest BCUT2D eigenvalue weighted by molar-refractivity contribution is 7.99. The molecule has 2 aromatic rings. The van der Waals surface area contributed by atoms with E-state index in [0.717, 1.165) is 26.5 Å². The molecule has 0 saturated carbocycles. The molecule has 1 heterocycles. The Morgan fingerprint density at radius 3 is 2.60 bits per heavy atom. The summed E-state index contributed by atoms with van der Waals surface area (Å²) in [6.07, 6.45) is 3.83. The Kier molecular flexibility index (Phi) is 3.30. The van der Waals surface area contributed by atoms with Gasteiger partial charge in [0.05, 0.1) is 11.5 Å². The van der Waals surface area contributed by atoms with Crippen molar-refractivity contribution in [1.82, 2.24) is 0 Å². The number of nitro benzene ring substituents is 1. The Bertz CT molecular complexity index is 725. The molecule has 0 unspecified atom stereocenters. The monoisotopic (exact) mass is 285 g/mol. The van der Waals surface area contributed by atoms with E-state index < -0.39 is 0 Å². The third-order valence-electron chi connectivity index (χ3n) is 3.13. The lowest BCUT2D eigenvalue weighted by atomic mass is 10.1. The average molecular weight is 285 g/mol.